The van der Waals surface area contributed by atoms with Crippen LogP contribution in [0.15, 0.2) is 48.5 Å². The van der Waals surface area contributed by atoms with Crippen molar-refractivity contribution in [2.75, 3.05) is 12.4 Å². The number of carbonyl (C=O) groups is 1. The highest BCUT2D eigenvalue weighted by Gasteiger charge is 2.13. The quantitative estimate of drug-likeness (QED) is 0.685. The number of methoxy groups -OCH3 is 1. The first-order valence-corrected chi connectivity index (χ1v) is 5.80. The number of non-ortho nitro benzene ring substituents is 1. The molecule has 0 unspecified atom stereocenters. The summed E-state index contributed by atoms with van der Waals surface area (Å²) in [6.07, 6.45) is 0. The van der Waals surface area contributed by atoms with Gasteiger partial charge in [0.15, 0.2) is 0 Å². The molecule has 0 aliphatic rings. The van der Waals surface area contributed by atoms with Crippen molar-refractivity contribution < 1.29 is 14.5 Å². The molecule has 0 fully saturated rings. The average Bonchev–Trinajstić information content (AvgIpc) is 2.48. The van der Waals surface area contributed by atoms with Gasteiger partial charge in [0.05, 0.1) is 17.7 Å². The molecule has 0 aliphatic carbocycles. The second-order valence-corrected chi connectivity index (χ2v) is 3.96. The van der Waals surface area contributed by atoms with Crippen molar-refractivity contribution in [1.29, 1.82) is 0 Å². The Morgan fingerprint density at radius 2 is 1.95 bits per heavy atom. The minimum absolute atomic E-state index is 0.127. The highest BCUT2D eigenvalue weighted by Crippen LogP contribution is 2.24. The Hall–Kier alpha value is -2.89. The Kier molecular flexibility index (Phi) is 3.95. The summed E-state index contributed by atoms with van der Waals surface area (Å²) in [5.41, 5.74) is 0.592. The van der Waals surface area contributed by atoms with E-state index >= 15 is 0 Å². The number of rotatable bonds is 4. The number of anilines is 1. The Morgan fingerprint density at radius 3 is 2.65 bits per heavy atom. The number of nitro groups is 1. The largest absolute Gasteiger partial charge is 0.495 e. The van der Waals surface area contributed by atoms with Crippen molar-refractivity contribution in [1.82, 2.24) is 0 Å². The fraction of sp³-hybridized carbons (Fsp3) is 0.0714. The third kappa shape index (κ3) is 2.92. The summed E-state index contributed by atoms with van der Waals surface area (Å²) in [6.45, 7) is 0. The SMILES string of the molecule is COc1ccccc1NC(=O)c1cccc([N+](=O)[O-])c1. The lowest BCUT2D eigenvalue weighted by molar-refractivity contribution is -0.384. The van der Waals surface area contributed by atoms with Crippen molar-refractivity contribution in [2.45, 2.75) is 0 Å². The molecule has 0 atom stereocenters. The number of amides is 1. The van der Waals surface area contributed by atoms with Crippen LogP contribution in [0.25, 0.3) is 0 Å². The number of nitro benzene ring substituents is 1. The maximum absolute atomic E-state index is 12.1. The van der Waals surface area contributed by atoms with E-state index in [4.69, 9.17) is 4.74 Å². The molecule has 0 spiro atoms. The van der Waals surface area contributed by atoms with Crippen LogP contribution in [0.5, 0.6) is 5.75 Å². The molecular weight excluding hydrogens is 260 g/mol. The summed E-state index contributed by atoms with van der Waals surface area (Å²) in [5.74, 6) is 0.0875. The van der Waals surface area contributed by atoms with Gasteiger partial charge in [-0.1, -0.05) is 18.2 Å². The molecule has 0 radical (unpaired) electrons. The van der Waals surface area contributed by atoms with Crippen LogP contribution in [0.4, 0.5) is 11.4 Å². The topological polar surface area (TPSA) is 81.5 Å². The lowest BCUT2D eigenvalue weighted by Gasteiger charge is -2.09. The minimum atomic E-state index is -0.542. The second kappa shape index (κ2) is 5.83. The van der Waals surface area contributed by atoms with Crippen molar-refractivity contribution in [3.05, 3.63) is 64.2 Å². The van der Waals surface area contributed by atoms with Gasteiger partial charge in [-0.15, -0.1) is 0 Å². The molecule has 1 N–H and O–H groups in total. The van der Waals surface area contributed by atoms with E-state index in [0.29, 0.717) is 11.4 Å². The molecule has 0 saturated heterocycles. The van der Waals surface area contributed by atoms with Gasteiger partial charge in [0.25, 0.3) is 11.6 Å². The third-order valence-corrected chi connectivity index (χ3v) is 2.67. The zero-order valence-electron chi connectivity index (χ0n) is 10.7. The van der Waals surface area contributed by atoms with Crippen molar-refractivity contribution >= 4 is 17.3 Å². The Balaban J connectivity index is 2.24. The predicted molar refractivity (Wildman–Crippen MR) is 74.0 cm³/mol. The summed E-state index contributed by atoms with van der Waals surface area (Å²) >= 11 is 0. The van der Waals surface area contributed by atoms with Crippen molar-refractivity contribution in [3.8, 4) is 5.75 Å². The number of nitrogens with zero attached hydrogens (tertiary/aromatic N) is 1. The first-order chi connectivity index (χ1) is 9.61. The number of carbonyl (C=O) groups excluding carboxylic acids is 1. The fourth-order valence-electron chi connectivity index (χ4n) is 1.70. The molecule has 6 nitrogen and oxygen atoms in total. The summed E-state index contributed by atoms with van der Waals surface area (Å²) in [4.78, 5) is 22.2. The van der Waals surface area contributed by atoms with Gasteiger partial charge in [-0.2, -0.15) is 0 Å². The van der Waals surface area contributed by atoms with Gasteiger partial charge in [-0.25, -0.2) is 0 Å². The molecule has 2 rings (SSSR count). The van der Waals surface area contributed by atoms with Gasteiger partial charge in [-0.05, 0) is 18.2 Å². The highest BCUT2D eigenvalue weighted by atomic mass is 16.6. The fourth-order valence-corrected chi connectivity index (χ4v) is 1.70. The standard InChI is InChI=1S/C14H12N2O4/c1-20-13-8-3-2-7-12(13)15-14(17)10-5-4-6-11(9-10)16(18)19/h2-9H,1H3,(H,15,17). The van der Waals surface area contributed by atoms with Crippen LogP contribution in [0, 0.1) is 10.1 Å². The molecule has 0 saturated carbocycles. The van der Waals surface area contributed by atoms with Crippen LogP contribution >= 0.6 is 0 Å². The van der Waals surface area contributed by atoms with Crippen LogP contribution in [-0.4, -0.2) is 17.9 Å². The van der Waals surface area contributed by atoms with E-state index < -0.39 is 10.8 Å². The molecule has 102 valence electrons. The summed E-state index contributed by atoms with van der Waals surface area (Å²) in [7, 11) is 1.50. The normalized spacial score (nSPS) is 9.85. The van der Waals surface area contributed by atoms with Crippen LogP contribution in [0.1, 0.15) is 10.4 Å². The zero-order chi connectivity index (χ0) is 14.5. The summed E-state index contributed by atoms with van der Waals surface area (Å²) < 4.78 is 5.12. The first-order valence-electron chi connectivity index (χ1n) is 5.80. The lowest BCUT2D eigenvalue weighted by Crippen LogP contribution is -2.12. The zero-order valence-corrected chi connectivity index (χ0v) is 10.7. The van der Waals surface area contributed by atoms with E-state index in [1.54, 1.807) is 24.3 Å². The third-order valence-electron chi connectivity index (χ3n) is 2.67. The molecule has 6 heteroatoms. The van der Waals surface area contributed by atoms with Crippen molar-refractivity contribution in [3.63, 3.8) is 0 Å². The molecule has 0 bridgehead atoms. The minimum Gasteiger partial charge on any atom is -0.495 e. The molecule has 2 aromatic rings. The molecule has 0 aromatic heterocycles. The molecule has 0 heterocycles. The van der Waals surface area contributed by atoms with Gasteiger partial charge >= 0.3 is 0 Å². The van der Waals surface area contributed by atoms with Crippen LogP contribution in [0.3, 0.4) is 0 Å². The van der Waals surface area contributed by atoms with Crippen LogP contribution < -0.4 is 10.1 Å². The molecule has 20 heavy (non-hydrogen) atoms. The van der Waals surface area contributed by atoms with E-state index in [-0.39, 0.29) is 11.3 Å². The Labute approximate surface area is 115 Å². The Morgan fingerprint density at radius 1 is 1.20 bits per heavy atom. The van der Waals surface area contributed by atoms with Gasteiger partial charge in [0, 0.05) is 17.7 Å². The molecular formula is C14H12N2O4. The monoisotopic (exact) mass is 272 g/mol. The van der Waals surface area contributed by atoms with E-state index in [9.17, 15) is 14.9 Å². The predicted octanol–water partition coefficient (Wildman–Crippen LogP) is 2.86. The Bertz CT molecular complexity index is 655. The number of ether oxygens (including phenoxy) is 1. The summed E-state index contributed by atoms with van der Waals surface area (Å²) in [6, 6.07) is 12.5. The maximum Gasteiger partial charge on any atom is 0.270 e. The van der Waals surface area contributed by atoms with E-state index in [0.717, 1.165) is 0 Å². The first kappa shape index (κ1) is 13.5. The van der Waals surface area contributed by atoms with Crippen molar-refractivity contribution in [2.24, 2.45) is 0 Å². The lowest BCUT2D eigenvalue weighted by atomic mass is 10.2. The number of para-hydroxylation sites is 2. The molecule has 0 aliphatic heterocycles. The van der Waals surface area contributed by atoms with Crippen LogP contribution in [-0.2, 0) is 0 Å². The second-order valence-electron chi connectivity index (χ2n) is 3.96. The molecule has 2 aromatic carbocycles. The summed E-state index contributed by atoms with van der Waals surface area (Å²) in [5, 5.41) is 13.3. The maximum atomic E-state index is 12.1. The van der Waals surface area contributed by atoms with Gasteiger partial charge in [0.2, 0.25) is 0 Å². The van der Waals surface area contributed by atoms with Gasteiger partial charge < -0.3 is 10.1 Å². The number of nitrogens with one attached hydrogen (secondary N) is 1. The number of hydrogen-bond donors (Lipinski definition) is 1. The number of benzene rings is 2. The van der Waals surface area contributed by atoms with E-state index in [1.807, 2.05) is 0 Å². The molecule has 1 amide bonds. The highest BCUT2D eigenvalue weighted by molar-refractivity contribution is 6.05. The average molecular weight is 272 g/mol. The van der Waals surface area contributed by atoms with E-state index in [2.05, 4.69) is 5.32 Å². The number of hydrogen-bond acceptors (Lipinski definition) is 4. The van der Waals surface area contributed by atoms with Gasteiger partial charge in [-0.3, -0.25) is 14.9 Å². The van der Waals surface area contributed by atoms with Gasteiger partial charge in [0.1, 0.15) is 5.75 Å². The smallest absolute Gasteiger partial charge is 0.270 e. The van der Waals surface area contributed by atoms with E-state index in [1.165, 1.54) is 31.4 Å². The van der Waals surface area contributed by atoms with Crippen LogP contribution in [0.2, 0.25) is 0 Å².